The number of morpholine rings is 1. The Balaban J connectivity index is 1.53. The fraction of sp³-hybridized carbons (Fsp3) is 0.364. The number of fused-ring (bicyclic) bond motifs is 1. The summed E-state index contributed by atoms with van der Waals surface area (Å²) in [5.41, 5.74) is 2.29. The summed E-state index contributed by atoms with van der Waals surface area (Å²) in [5.74, 6) is 1.99. The Morgan fingerprint density at radius 1 is 1.30 bits per heavy atom. The minimum absolute atomic E-state index is 0.0885. The topological polar surface area (TPSA) is 76.8 Å². The van der Waals surface area contributed by atoms with E-state index in [1.807, 2.05) is 32.0 Å². The highest BCUT2D eigenvalue weighted by Crippen LogP contribution is 2.34. The summed E-state index contributed by atoms with van der Waals surface area (Å²) >= 11 is 6.43. The first-order valence-corrected chi connectivity index (χ1v) is 10.2. The average Bonchev–Trinajstić information content (AvgIpc) is 3.11. The molecule has 1 atom stereocenters. The van der Waals surface area contributed by atoms with Gasteiger partial charge in [0.2, 0.25) is 0 Å². The van der Waals surface area contributed by atoms with Crippen molar-refractivity contribution in [1.29, 1.82) is 0 Å². The number of aromatic nitrogens is 1. The van der Waals surface area contributed by atoms with Crippen LogP contribution in [0.15, 0.2) is 34.9 Å². The molecule has 1 aliphatic heterocycles. The fourth-order valence-electron chi connectivity index (χ4n) is 3.64. The number of hydrogen-bond donors (Lipinski definition) is 1. The van der Waals surface area contributed by atoms with E-state index in [1.54, 1.807) is 24.3 Å². The molecule has 4 rings (SSSR count). The number of ether oxygens (including phenoxy) is 2. The number of hydrogen-bond acceptors (Lipinski definition) is 6. The molecule has 8 heteroatoms. The van der Waals surface area contributed by atoms with Gasteiger partial charge in [-0.2, -0.15) is 0 Å². The van der Waals surface area contributed by atoms with Gasteiger partial charge in [-0.15, -0.1) is 0 Å². The summed E-state index contributed by atoms with van der Waals surface area (Å²) in [5, 5.41) is 4.68. The molecule has 1 aromatic carbocycles. The van der Waals surface area contributed by atoms with Crippen molar-refractivity contribution in [1.82, 2.24) is 9.88 Å². The van der Waals surface area contributed by atoms with E-state index in [1.165, 1.54) is 0 Å². The number of nitrogens with zero attached hydrogens (tertiary/aromatic N) is 2. The number of carbonyl (C=O) groups excluding carboxylic acids is 1. The van der Waals surface area contributed by atoms with E-state index in [4.69, 9.17) is 25.5 Å². The first-order valence-electron chi connectivity index (χ1n) is 9.84. The molecular formula is C22H24ClN3O4. The van der Waals surface area contributed by atoms with Crippen molar-refractivity contribution in [3.8, 4) is 5.75 Å². The number of amides is 1. The zero-order chi connectivity index (χ0) is 21.3. The molecule has 1 aliphatic rings. The molecule has 0 radical (unpaired) electrons. The molecule has 3 heterocycles. The van der Waals surface area contributed by atoms with E-state index >= 15 is 0 Å². The van der Waals surface area contributed by atoms with E-state index in [0.717, 1.165) is 28.0 Å². The Hall–Kier alpha value is -2.77. The molecule has 1 saturated heterocycles. The number of halogens is 1. The minimum Gasteiger partial charge on any atom is -0.497 e. The molecule has 3 aromatic rings. The SMILES string of the molecule is COc1ccc2oc(C(C)Nc3ncc(C(=O)N4CCOCC4)cc3Cl)c(C)c2c1. The lowest BCUT2D eigenvalue weighted by Crippen LogP contribution is -2.40. The van der Waals surface area contributed by atoms with E-state index in [-0.39, 0.29) is 11.9 Å². The smallest absolute Gasteiger partial charge is 0.255 e. The third kappa shape index (κ3) is 3.95. The Labute approximate surface area is 179 Å². The third-order valence-corrected chi connectivity index (χ3v) is 5.60. The fourth-order valence-corrected chi connectivity index (χ4v) is 3.86. The first kappa shape index (κ1) is 20.5. The van der Waals surface area contributed by atoms with Crippen molar-refractivity contribution in [2.24, 2.45) is 0 Å². The molecule has 0 spiro atoms. The summed E-state index contributed by atoms with van der Waals surface area (Å²) in [7, 11) is 1.64. The van der Waals surface area contributed by atoms with Crippen LogP contribution in [-0.2, 0) is 4.74 Å². The van der Waals surface area contributed by atoms with Crippen LogP contribution >= 0.6 is 11.6 Å². The maximum atomic E-state index is 12.6. The zero-order valence-corrected chi connectivity index (χ0v) is 18.0. The maximum Gasteiger partial charge on any atom is 0.255 e. The highest BCUT2D eigenvalue weighted by molar-refractivity contribution is 6.33. The number of carbonyl (C=O) groups is 1. The normalized spacial score (nSPS) is 15.3. The lowest BCUT2D eigenvalue weighted by Gasteiger charge is -2.26. The molecule has 158 valence electrons. The second-order valence-corrected chi connectivity index (χ2v) is 7.69. The van der Waals surface area contributed by atoms with Crippen LogP contribution in [0.3, 0.4) is 0 Å². The Bertz CT molecular complexity index is 1080. The molecule has 7 nitrogen and oxygen atoms in total. The summed E-state index contributed by atoms with van der Waals surface area (Å²) in [6.07, 6.45) is 1.55. The number of anilines is 1. The van der Waals surface area contributed by atoms with Gasteiger partial charge in [0, 0.05) is 30.2 Å². The molecule has 1 fully saturated rings. The molecule has 1 unspecified atom stereocenters. The quantitative estimate of drug-likeness (QED) is 0.646. The van der Waals surface area contributed by atoms with E-state index in [0.29, 0.717) is 42.7 Å². The molecule has 30 heavy (non-hydrogen) atoms. The van der Waals surface area contributed by atoms with Crippen molar-refractivity contribution in [3.05, 3.63) is 52.4 Å². The molecule has 0 aliphatic carbocycles. The van der Waals surface area contributed by atoms with Gasteiger partial charge in [0.1, 0.15) is 22.9 Å². The van der Waals surface area contributed by atoms with Gasteiger partial charge in [0.05, 0.1) is 37.0 Å². The number of methoxy groups -OCH3 is 1. The summed E-state index contributed by atoms with van der Waals surface area (Å²) in [4.78, 5) is 18.8. The molecular weight excluding hydrogens is 406 g/mol. The van der Waals surface area contributed by atoms with Crippen molar-refractivity contribution >= 4 is 34.3 Å². The first-order chi connectivity index (χ1) is 14.5. The third-order valence-electron chi connectivity index (χ3n) is 5.31. The molecule has 0 bridgehead atoms. The number of benzene rings is 1. The van der Waals surface area contributed by atoms with Gasteiger partial charge in [-0.05, 0) is 38.1 Å². The van der Waals surface area contributed by atoms with Crippen molar-refractivity contribution in [2.45, 2.75) is 19.9 Å². The van der Waals surface area contributed by atoms with Gasteiger partial charge in [-0.3, -0.25) is 4.79 Å². The number of aryl methyl sites for hydroxylation is 1. The molecule has 2 aromatic heterocycles. The number of furan rings is 1. The Kier molecular flexibility index (Phi) is 5.83. The Morgan fingerprint density at radius 3 is 2.77 bits per heavy atom. The van der Waals surface area contributed by atoms with Crippen LogP contribution < -0.4 is 10.1 Å². The van der Waals surface area contributed by atoms with Crippen LogP contribution in [0.25, 0.3) is 11.0 Å². The summed E-state index contributed by atoms with van der Waals surface area (Å²) in [6, 6.07) is 7.21. The number of rotatable bonds is 5. The summed E-state index contributed by atoms with van der Waals surface area (Å²) < 4.78 is 16.7. The highest BCUT2D eigenvalue weighted by atomic mass is 35.5. The van der Waals surface area contributed by atoms with Gasteiger partial charge >= 0.3 is 0 Å². The van der Waals surface area contributed by atoms with Crippen molar-refractivity contribution in [2.75, 3.05) is 38.7 Å². The molecule has 1 amide bonds. The van der Waals surface area contributed by atoms with E-state index in [9.17, 15) is 4.79 Å². The summed E-state index contributed by atoms with van der Waals surface area (Å²) in [6.45, 7) is 6.23. The monoisotopic (exact) mass is 429 g/mol. The molecule has 1 N–H and O–H groups in total. The van der Waals surface area contributed by atoms with Gasteiger partial charge in [0.25, 0.3) is 5.91 Å². The number of nitrogens with one attached hydrogen (secondary N) is 1. The van der Waals surface area contributed by atoms with E-state index in [2.05, 4.69) is 10.3 Å². The second kappa shape index (κ2) is 8.53. The lowest BCUT2D eigenvalue weighted by atomic mass is 10.1. The Morgan fingerprint density at radius 2 is 2.07 bits per heavy atom. The van der Waals surface area contributed by atoms with Crippen LogP contribution in [0.2, 0.25) is 5.02 Å². The zero-order valence-electron chi connectivity index (χ0n) is 17.2. The van der Waals surface area contributed by atoms with Crippen molar-refractivity contribution in [3.63, 3.8) is 0 Å². The standard InChI is InChI=1S/C22H24ClN3O4/c1-13-17-11-16(28-3)4-5-19(17)30-20(13)14(2)25-21-18(23)10-15(12-24-21)22(27)26-6-8-29-9-7-26/h4-5,10-12,14H,6-9H2,1-3H3,(H,24,25). The number of pyridine rings is 1. The van der Waals surface area contributed by atoms with Crippen LogP contribution in [0.5, 0.6) is 5.75 Å². The maximum absolute atomic E-state index is 12.6. The van der Waals surface area contributed by atoms with Crippen LogP contribution in [-0.4, -0.2) is 49.2 Å². The predicted molar refractivity (Wildman–Crippen MR) is 116 cm³/mol. The molecule has 0 saturated carbocycles. The van der Waals surface area contributed by atoms with Gasteiger partial charge < -0.3 is 24.1 Å². The highest BCUT2D eigenvalue weighted by Gasteiger charge is 2.22. The van der Waals surface area contributed by atoms with Gasteiger partial charge in [0.15, 0.2) is 0 Å². The largest absolute Gasteiger partial charge is 0.497 e. The average molecular weight is 430 g/mol. The lowest BCUT2D eigenvalue weighted by molar-refractivity contribution is 0.0302. The second-order valence-electron chi connectivity index (χ2n) is 7.28. The van der Waals surface area contributed by atoms with Gasteiger partial charge in [-0.25, -0.2) is 4.98 Å². The van der Waals surface area contributed by atoms with Crippen LogP contribution in [0.4, 0.5) is 5.82 Å². The van der Waals surface area contributed by atoms with Crippen molar-refractivity contribution < 1.29 is 18.7 Å². The van der Waals surface area contributed by atoms with Crippen LogP contribution in [0, 0.1) is 6.92 Å². The van der Waals surface area contributed by atoms with Crippen LogP contribution in [0.1, 0.15) is 34.6 Å². The van der Waals surface area contributed by atoms with E-state index < -0.39 is 0 Å². The predicted octanol–water partition coefficient (Wildman–Crippen LogP) is 4.44. The van der Waals surface area contributed by atoms with Gasteiger partial charge in [-0.1, -0.05) is 11.6 Å². The minimum atomic E-state index is -0.172.